The van der Waals surface area contributed by atoms with Crippen molar-refractivity contribution < 1.29 is 13.2 Å². The fraction of sp³-hybridized carbons (Fsp3) is 0.368. The van der Waals surface area contributed by atoms with E-state index in [9.17, 15) is 13.2 Å². The molecule has 1 atom stereocenters. The van der Waals surface area contributed by atoms with Gasteiger partial charge in [-0.25, -0.2) is 0 Å². The predicted molar refractivity (Wildman–Crippen MR) is 84.1 cm³/mol. The zero-order chi connectivity index (χ0) is 16.3. The van der Waals surface area contributed by atoms with Gasteiger partial charge in [0.25, 0.3) is 0 Å². The van der Waals surface area contributed by atoms with E-state index in [1.165, 1.54) is 6.07 Å². The molecule has 1 unspecified atom stereocenters. The van der Waals surface area contributed by atoms with Crippen molar-refractivity contribution in [1.29, 1.82) is 0 Å². The summed E-state index contributed by atoms with van der Waals surface area (Å²) in [5.74, 6) is 0.262. The monoisotopic (exact) mass is 306 g/mol. The number of benzene rings is 2. The molecule has 2 rings (SSSR count). The van der Waals surface area contributed by atoms with E-state index in [1.807, 2.05) is 51.1 Å². The fourth-order valence-corrected chi connectivity index (χ4v) is 2.65. The van der Waals surface area contributed by atoms with Gasteiger partial charge in [-0.1, -0.05) is 63.2 Å². The van der Waals surface area contributed by atoms with E-state index in [0.717, 1.165) is 11.1 Å². The minimum Gasteiger partial charge on any atom is -0.166 e. The van der Waals surface area contributed by atoms with Gasteiger partial charge in [-0.3, -0.25) is 0 Å². The summed E-state index contributed by atoms with van der Waals surface area (Å²) >= 11 is 0. The lowest BCUT2D eigenvalue weighted by Crippen LogP contribution is -2.12. The second-order valence-corrected chi connectivity index (χ2v) is 6.08. The molecule has 0 saturated carbocycles. The highest BCUT2D eigenvalue weighted by atomic mass is 19.4. The third-order valence-electron chi connectivity index (χ3n) is 4.00. The van der Waals surface area contributed by atoms with Gasteiger partial charge in [-0.2, -0.15) is 13.2 Å². The first-order valence-electron chi connectivity index (χ1n) is 7.54. The molecule has 3 heteroatoms. The molecule has 0 heterocycles. The zero-order valence-electron chi connectivity index (χ0n) is 13.1. The molecule has 0 aliphatic carbocycles. The van der Waals surface area contributed by atoms with Crippen molar-refractivity contribution >= 4 is 0 Å². The molecule has 2 aromatic rings. The number of rotatable bonds is 4. The van der Waals surface area contributed by atoms with Crippen molar-refractivity contribution in [3.05, 3.63) is 70.8 Å². The maximum atomic E-state index is 13.2. The van der Waals surface area contributed by atoms with Crippen LogP contribution in [0.25, 0.3) is 0 Å². The zero-order valence-corrected chi connectivity index (χ0v) is 13.1. The van der Waals surface area contributed by atoms with Crippen molar-refractivity contribution in [2.24, 2.45) is 0 Å². The van der Waals surface area contributed by atoms with Gasteiger partial charge < -0.3 is 0 Å². The molecule has 0 amide bonds. The van der Waals surface area contributed by atoms with E-state index in [4.69, 9.17) is 0 Å². The molecule has 0 nitrogen and oxygen atoms in total. The summed E-state index contributed by atoms with van der Waals surface area (Å²) in [5, 5.41) is 0. The SMILES string of the molecule is CC(C)c1ccc(C(F)(F)F)c(CC(C)c2ccccc2)c1. The Labute approximate surface area is 130 Å². The Hall–Kier alpha value is -1.77. The van der Waals surface area contributed by atoms with Gasteiger partial charge in [0.2, 0.25) is 0 Å². The highest BCUT2D eigenvalue weighted by molar-refractivity contribution is 5.37. The Morgan fingerprint density at radius 1 is 0.864 bits per heavy atom. The van der Waals surface area contributed by atoms with Crippen molar-refractivity contribution in [2.75, 3.05) is 0 Å². The van der Waals surface area contributed by atoms with Gasteiger partial charge in [0.05, 0.1) is 5.56 Å². The second-order valence-electron chi connectivity index (χ2n) is 6.08. The topological polar surface area (TPSA) is 0 Å². The van der Waals surface area contributed by atoms with E-state index < -0.39 is 11.7 Å². The van der Waals surface area contributed by atoms with Crippen LogP contribution in [-0.4, -0.2) is 0 Å². The quantitative estimate of drug-likeness (QED) is 0.633. The third-order valence-corrected chi connectivity index (χ3v) is 4.00. The van der Waals surface area contributed by atoms with Crippen molar-refractivity contribution in [1.82, 2.24) is 0 Å². The van der Waals surface area contributed by atoms with Crippen LogP contribution in [0.4, 0.5) is 13.2 Å². The van der Waals surface area contributed by atoms with Crippen molar-refractivity contribution in [3.8, 4) is 0 Å². The summed E-state index contributed by atoms with van der Waals surface area (Å²) in [6.07, 6.45) is -3.92. The van der Waals surface area contributed by atoms with Gasteiger partial charge in [-0.05, 0) is 41.0 Å². The summed E-state index contributed by atoms with van der Waals surface area (Å²) in [6, 6.07) is 14.2. The lowest BCUT2D eigenvalue weighted by atomic mass is 9.89. The van der Waals surface area contributed by atoms with Crippen LogP contribution in [-0.2, 0) is 12.6 Å². The lowest BCUT2D eigenvalue weighted by Gasteiger charge is -2.19. The van der Waals surface area contributed by atoms with E-state index in [0.29, 0.717) is 12.0 Å². The van der Waals surface area contributed by atoms with Gasteiger partial charge in [0.1, 0.15) is 0 Å². The van der Waals surface area contributed by atoms with Crippen LogP contribution >= 0.6 is 0 Å². The first kappa shape index (κ1) is 16.6. The molecule has 2 aromatic carbocycles. The van der Waals surface area contributed by atoms with Crippen LogP contribution in [0.3, 0.4) is 0 Å². The number of hydrogen-bond acceptors (Lipinski definition) is 0. The minimum atomic E-state index is -4.30. The molecule has 0 bridgehead atoms. The Morgan fingerprint density at radius 2 is 1.50 bits per heavy atom. The summed E-state index contributed by atoms with van der Waals surface area (Å²) < 4.78 is 39.7. The molecule has 22 heavy (non-hydrogen) atoms. The molecule has 0 spiro atoms. The van der Waals surface area contributed by atoms with Gasteiger partial charge in [-0.15, -0.1) is 0 Å². The van der Waals surface area contributed by atoms with Gasteiger partial charge >= 0.3 is 6.18 Å². The molecular weight excluding hydrogens is 285 g/mol. The first-order chi connectivity index (χ1) is 10.3. The molecular formula is C19H21F3. The Morgan fingerprint density at radius 3 is 2.05 bits per heavy atom. The number of halogens is 3. The van der Waals surface area contributed by atoms with Crippen LogP contribution in [0.2, 0.25) is 0 Å². The average molecular weight is 306 g/mol. The second kappa shape index (κ2) is 6.55. The fourth-order valence-electron chi connectivity index (χ4n) is 2.65. The van der Waals surface area contributed by atoms with Crippen molar-refractivity contribution in [3.63, 3.8) is 0 Å². The van der Waals surface area contributed by atoms with Crippen LogP contribution < -0.4 is 0 Å². The molecule has 0 aliphatic rings. The first-order valence-corrected chi connectivity index (χ1v) is 7.54. The third kappa shape index (κ3) is 3.90. The minimum absolute atomic E-state index is 0.0460. The molecule has 0 aliphatic heterocycles. The maximum Gasteiger partial charge on any atom is 0.416 e. The smallest absolute Gasteiger partial charge is 0.166 e. The predicted octanol–water partition coefficient (Wildman–Crippen LogP) is 6.18. The van der Waals surface area contributed by atoms with E-state index in [1.54, 1.807) is 12.1 Å². The molecule has 0 radical (unpaired) electrons. The summed E-state index contributed by atoms with van der Waals surface area (Å²) in [7, 11) is 0. The van der Waals surface area contributed by atoms with E-state index in [-0.39, 0.29) is 11.8 Å². The number of hydrogen-bond donors (Lipinski definition) is 0. The number of alkyl halides is 3. The molecule has 118 valence electrons. The van der Waals surface area contributed by atoms with E-state index >= 15 is 0 Å². The van der Waals surface area contributed by atoms with Crippen LogP contribution in [0.15, 0.2) is 48.5 Å². The largest absolute Gasteiger partial charge is 0.416 e. The van der Waals surface area contributed by atoms with Crippen LogP contribution in [0.5, 0.6) is 0 Å². The standard InChI is InChI=1S/C19H21F3/c1-13(2)16-9-10-18(19(20,21)22)17(12-16)11-14(3)15-7-5-4-6-8-15/h4-10,12-14H,11H2,1-3H3. The molecule has 0 aromatic heterocycles. The van der Waals surface area contributed by atoms with Gasteiger partial charge in [0.15, 0.2) is 0 Å². The lowest BCUT2D eigenvalue weighted by molar-refractivity contribution is -0.138. The van der Waals surface area contributed by atoms with Gasteiger partial charge in [0, 0.05) is 0 Å². The molecule has 0 fully saturated rings. The van der Waals surface area contributed by atoms with Crippen molar-refractivity contribution in [2.45, 2.75) is 45.2 Å². The molecule has 0 saturated heterocycles. The molecule has 0 N–H and O–H groups in total. The summed E-state index contributed by atoms with van der Waals surface area (Å²) in [4.78, 5) is 0. The highest BCUT2D eigenvalue weighted by Gasteiger charge is 2.33. The Bertz CT molecular complexity index is 612. The van der Waals surface area contributed by atoms with Crippen LogP contribution in [0.1, 0.15) is 54.9 Å². The van der Waals surface area contributed by atoms with E-state index in [2.05, 4.69) is 0 Å². The average Bonchev–Trinajstić information content (AvgIpc) is 2.46. The Kier molecular flexibility index (Phi) is 4.94. The normalized spacial score (nSPS) is 13.4. The summed E-state index contributed by atoms with van der Waals surface area (Å²) in [5.41, 5.74) is 1.88. The van der Waals surface area contributed by atoms with Crippen LogP contribution in [0, 0.1) is 0 Å². The highest BCUT2D eigenvalue weighted by Crippen LogP contribution is 2.35. The summed E-state index contributed by atoms with van der Waals surface area (Å²) in [6.45, 7) is 5.96. The Balaban J connectivity index is 2.37. The maximum absolute atomic E-state index is 13.2.